The van der Waals surface area contributed by atoms with Crippen molar-refractivity contribution in [1.29, 1.82) is 0 Å². The molecule has 0 aliphatic carbocycles. The van der Waals surface area contributed by atoms with E-state index in [1.165, 1.54) is 16.2 Å². The lowest BCUT2D eigenvalue weighted by atomic mass is 10.1. The van der Waals surface area contributed by atoms with Crippen LogP contribution in [0.5, 0.6) is 0 Å². The Morgan fingerprint density at radius 3 is 2.75 bits per heavy atom. The van der Waals surface area contributed by atoms with Gasteiger partial charge in [-0.1, -0.05) is 23.5 Å². The zero-order valence-corrected chi connectivity index (χ0v) is 16.1. The van der Waals surface area contributed by atoms with Crippen molar-refractivity contribution < 1.29 is 9.59 Å². The molecular weight excluding hydrogens is 376 g/mol. The van der Waals surface area contributed by atoms with Gasteiger partial charge in [0.2, 0.25) is 5.91 Å². The number of aromatic nitrogens is 3. The Balaban J connectivity index is 1.51. The standard InChI is InChI=1S/C19H20N6O2S/c1-12-16(13-5-7-14(8-6-13)25-11-3-9-21-25)28-18(22-12)23-19(27)24-10-2-4-15(24)17(20)26/h3,5-9,11,15H,2,4,10H2,1H3,(H2,20,26)(H,22,23,27)/t15-/m0/s1. The van der Waals surface area contributed by atoms with E-state index in [4.69, 9.17) is 5.73 Å². The number of nitrogens with zero attached hydrogens (tertiary/aromatic N) is 4. The van der Waals surface area contributed by atoms with Crippen LogP contribution in [-0.4, -0.2) is 44.2 Å². The number of aryl methyl sites for hydroxylation is 1. The van der Waals surface area contributed by atoms with Gasteiger partial charge in [0.05, 0.1) is 16.3 Å². The van der Waals surface area contributed by atoms with Gasteiger partial charge in [-0.05, 0) is 43.5 Å². The highest BCUT2D eigenvalue weighted by Gasteiger charge is 2.33. The third-order valence-corrected chi connectivity index (χ3v) is 5.87. The van der Waals surface area contributed by atoms with Gasteiger partial charge in [0.25, 0.3) is 0 Å². The van der Waals surface area contributed by atoms with Gasteiger partial charge in [0.15, 0.2) is 5.13 Å². The first-order valence-electron chi connectivity index (χ1n) is 8.98. The van der Waals surface area contributed by atoms with Gasteiger partial charge in [-0.3, -0.25) is 10.1 Å². The molecule has 0 spiro atoms. The molecule has 9 heteroatoms. The SMILES string of the molecule is Cc1nc(NC(=O)N2CCC[C@H]2C(N)=O)sc1-c1ccc(-n2cccn2)cc1. The monoisotopic (exact) mass is 396 g/mol. The van der Waals surface area contributed by atoms with Crippen LogP contribution in [0.1, 0.15) is 18.5 Å². The number of likely N-dealkylation sites (tertiary alicyclic amines) is 1. The van der Waals surface area contributed by atoms with E-state index >= 15 is 0 Å². The van der Waals surface area contributed by atoms with Crippen LogP contribution in [0.4, 0.5) is 9.93 Å². The molecular formula is C19H20N6O2S. The molecule has 0 unspecified atom stereocenters. The van der Waals surface area contributed by atoms with Crippen LogP contribution < -0.4 is 11.1 Å². The smallest absolute Gasteiger partial charge is 0.324 e. The molecule has 1 aliphatic heterocycles. The molecule has 1 aliphatic rings. The minimum Gasteiger partial charge on any atom is -0.368 e. The maximum absolute atomic E-state index is 12.5. The number of anilines is 1. The molecule has 3 aromatic rings. The lowest BCUT2D eigenvalue weighted by molar-refractivity contribution is -0.121. The van der Waals surface area contributed by atoms with Crippen molar-refractivity contribution in [2.45, 2.75) is 25.8 Å². The van der Waals surface area contributed by atoms with E-state index in [0.29, 0.717) is 18.1 Å². The van der Waals surface area contributed by atoms with Gasteiger partial charge in [-0.2, -0.15) is 5.10 Å². The Bertz CT molecular complexity index is 996. The van der Waals surface area contributed by atoms with Crippen molar-refractivity contribution in [3.8, 4) is 16.1 Å². The summed E-state index contributed by atoms with van der Waals surface area (Å²) >= 11 is 1.40. The fourth-order valence-electron chi connectivity index (χ4n) is 3.37. The predicted octanol–water partition coefficient (Wildman–Crippen LogP) is 2.79. The molecule has 4 rings (SSSR count). The highest BCUT2D eigenvalue weighted by Crippen LogP contribution is 2.33. The molecule has 0 radical (unpaired) electrons. The second kappa shape index (κ2) is 7.43. The summed E-state index contributed by atoms with van der Waals surface area (Å²) in [5, 5.41) is 7.53. The molecule has 2 aromatic heterocycles. The number of rotatable bonds is 4. The van der Waals surface area contributed by atoms with Gasteiger partial charge >= 0.3 is 6.03 Å². The Morgan fingerprint density at radius 1 is 1.29 bits per heavy atom. The first-order chi connectivity index (χ1) is 13.5. The number of urea groups is 1. The van der Waals surface area contributed by atoms with Crippen LogP contribution in [0, 0.1) is 6.92 Å². The number of carbonyl (C=O) groups is 2. The van der Waals surface area contributed by atoms with E-state index in [1.807, 2.05) is 43.5 Å². The number of nitrogens with two attached hydrogens (primary N) is 1. The van der Waals surface area contributed by atoms with Crippen molar-refractivity contribution >= 4 is 28.4 Å². The molecule has 3 heterocycles. The Hall–Kier alpha value is -3.20. The van der Waals surface area contributed by atoms with Crippen LogP contribution >= 0.6 is 11.3 Å². The van der Waals surface area contributed by atoms with E-state index < -0.39 is 11.9 Å². The minimum atomic E-state index is -0.546. The van der Waals surface area contributed by atoms with Gasteiger partial charge in [0.1, 0.15) is 6.04 Å². The summed E-state index contributed by atoms with van der Waals surface area (Å²) in [5.74, 6) is -0.471. The molecule has 3 N–H and O–H groups in total. The summed E-state index contributed by atoms with van der Waals surface area (Å²) < 4.78 is 1.79. The number of thiazole rings is 1. The number of hydrogen-bond acceptors (Lipinski definition) is 5. The molecule has 1 atom stereocenters. The van der Waals surface area contributed by atoms with Gasteiger partial charge < -0.3 is 10.6 Å². The molecule has 0 bridgehead atoms. The second-order valence-electron chi connectivity index (χ2n) is 6.62. The highest BCUT2D eigenvalue weighted by molar-refractivity contribution is 7.19. The van der Waals surface area contributed by atoms with Crippen molar-refractivity contribution in [2.75, 3.05) is 11.9 Å². The van der Waals surface area contributed by atoms with E-state index in [9.17, 15) is 9.59 Å². The quantitative estimate of drug-likeness (QED) is 0.707. The lowest BCUT2D eigenvalue weighted by Gasteiger charge is -2.21. The van der Waals surface area contributed by atoms with E-state index in [2.05, 4.69) is 15.4 Å². The number of hydrogen-bond donors (Lipinski definition) is 2. The van der Waals surface area contributed by atoms with Crippen molar-refractivity contribution in [3.63, 3.8) is 0 Å². The number of benzene rings is 1. The number of amides is 3. The van der Waals surface area contributed by atoms with Crippen molar-refractivity contribution in [2.24, 2.45) is 5.73 Å². The second-order valence-corrected chi connectivity index (χ2v) is 7.61. The molecule has 0 saturated carbocycles. The number of nitrogens with one attached hydrogen (secondary N) is 1. The summed E-state index contributed by atoms with van der Waals surface area (Å²) in [4.78, 5) is 31.0. The maximum Gasteiger partial charge on any atom is 0.324 e. The van der Waals surface area contributed by atoms with Crippen LogP contribution in [0.3, 0.4) is 0 Å². The molecule has 1 aromatic carbocycles. The molecule has 1 fully saturated rings. The average Bonchev–Trinajstić information content (AvgIpc) is 3.43. The first-order valence-corrected chi connectivity index (χ1v) is 9.79. The van der Waals surface area contributed by atoms with Crippen LogP contribution in [0.15, 0.2) is 42.7 Å². The predicted molar refractivity (Wildman–Crippen MR) is 107 cm³/mol. The Morgan fingerprint density at radius 2 is 2.07 bits per heavy atom. The van der Waals surface area contributed by atoms with Crippen LogP contribution in [-0.2, 0) is 4.79 Å². The third-order valence-electron chi connectivity index (χ3n) is 4.75. The van der Waals surface area contributed by atoms with Crippen LogP contribution in [0.25, 0.3) is 16.1 Å². The summed E-state index contributed by atoms with van der Waals surface area (Å²) in [6, 6.07) is 8.98. The van der Waals surface area contributed by atoms with Gasteiger partial charge in [0, 0.05) is 18.9 Å². The molecule has 28 heavy (non-hydrogen) atoms. The highest BCUT2D eigenvalue weighted by atomic mass is 32.1. The van der Waals surface area contributed by atoms with Crippen molar-refractivity contribution in [3.05, 3.63) is 48.4 Å². The first kappa shape index (κ1) is 18.2. The summed E-state index contributed by atoms with van der Waals surface area (Å²) in [6.45, 7) is 2.43. The Kier molecular flexibility index (Phi) is 4.82. The molecule has 3 amide bonds. The normalized spacial score (nSPS) is 16.3. The Labute approximate surface area is 166 Å². The number of primary amides is 1. The minimum absolute atomic E-state index is 0.337. The molecule has 1 saturated heterocycles. The summed E-state index contributed by atoms with van der Waals surface area (Å²) in [6.07, 6.45) is 5.00. The fourth-order valence-corrected chi connectivity index (χ4v) is 4.34. The lowest BCUT2D eigenvalue weighted by Crippen LogP contribution is -2.45. The van der Waals surface area contributed by atoms with Gasteiger partial charge in [-0.15, -0.1) is 0 Å². The average molecular weight is 396 g/mol. The number of carbonyl (C=O) groups excluding carboxylic acids is 2. The largest absolute Gasteiger partial charge is 0.368 e. The topological polar surface area (TPSA) is 106 Å². The van der Waals surface area contributed by atoms with Crippen LogP contribution in [0.2, 0.25) is 0 Å². The molecule has 8 nitrogen and oxygen atoms in total. The third kappa shape index (κ3) is 3.48. The molecule has 144 valence electrons. The summed E-state index contributed by atoms with van der Waals surface area (Å²) in [7, 11) is 0. The van der Waals surface area contributed by atoms with E-state index in [-0.39, 0.29) is 6.03 Å². The summed E-state index contributed by atoms with van der Waals surface area (Å²) in [5.41, 5.74) is 8.21. The van der Waals surface area contributed by atoms with E-state index in [1.54, 1.807) is 10.9 Å². The zero-order chi connectivity index (χ0) is 19.7. The van der Waals surface area contributed by atoms with Gasteiger partial charge in [-0.25, -0.2) is 14.5 Å². The zero-order valence-electron chi connectivity index (χ0n) is 15.3. The van der Waals surface area contributed by atoms with E-state index in [0.717, 1.165) is 28.2 Å². The maximum atomic E-state index is 12.5. The fraction of sp³-hybridized carbons (Fsp3) is 0.263. The van der Waals surface area contributed by atoms with Crippen molar-refractivity contribution in [1.82, 2.24) is 19.7 Å².